The van der Waals surface area contributed by atoms with E-state index in [2.05, 4.69) is 16.9 Å². The van der Waals surface area contributed by atoms with E-state index in [0.29, 0.717) is 5.02 Å². The Hall–Kier alpha value is -1.85. The van der Waals surface area contributed by atoms with E-state index in [9.17, 15) is 4.79 Å². The van der Waals surface area contributed by atoms with E-state index >= 15 is 0 Å². The Morgan fingerprint density at radius 3 is 2.87 bits per heavy atom. The highest BCUT2D eigenvalue weighted by Gasteiger charge is 2.50. The lowest BCUT2D eigenvalue weighted by molar-refractivity contribution is -0.122. The molecule has 0 spiro atoms. The summed E-state index contributed by atoms with van der Waals surface area (Å²) < 4.78 is 1.88. The molecule has 4 rings (SSSR count). The van der Waals surface area contributed by atoms with Crippen molar-refractivity contribution >= 4 is 23.2 Å². The van der Waals surface area contributed by atoms with Gasteiger partial charge in [-0.15, -0.1) is 0 Å². The number of hydrogen-bond donors (Lipinski definition) is 0. The zero-order valence-corrected chi connectivity index (χ0v) is 14.0. The number of nitrogens with zero attached hydrogens (tertiary/aromatic N) is 4. The van der Waals surface area contributed by atoms with Crippen LogP contribution in [0.2, 0.25) is 5.02 Å². The largest absolute Gasteiger partial charge is 0.307 e. The summed E-state index contributed by atoms with van der Waals surface area (Å²) in [6.45, 7) is 3.75. The number of piperazine rings is 1. The minimum absolute atomic E-state index is 0.0291. The van der Waals surface area contributed by atoms with Crippen molar-refractivity contribution in [2.24, 2.45) is 7.05 Å². The van der Waals surface area contributed by atoms with Gasteiger partial charge in [-0.05, 0) is 31.5 Å². The van der Waals surface area contributed by atoms with Gasteiger partial charge in [0, 0.05) is 42.1 Å². The zero-order valence-electron chi connectivity index (χ0n) is 13.2. The van der Waals surface area contributed by atoms with Gasteiger partial charge in [0.1, 0.15) is 0 Å². The van der Waals surface area contributed by atoms with Crippen LogP contribution in [-0.4, -0.2) is 39.2 Å². The van der Waals surface area contributed by atoms with Gasteiger partial charge in [-0.1, -0.05) is 17.7 Å². The van der Waals surface area contributed by atoms with Crippen LogP contribution in [-0.2, 0) is 18.4 Å². The van der Waals surface area contributed by atoms with Crippen LogP contribution in [0.1, 0.15) is 17.7 Å². The number of benzene rings is 1. The van der Waals surface area contributed by atoms with Gasteiger partial charge in [-0.3, -0.25) is 14.4 Å². The number of fused-ring (bicyclic) bond motifs is 2. The Balaban J connectivity index is 1.54. The van der Waals surface area contributed by atoms with Gasteiger partial charge >= 0.3 is 0 Å². The summed E-state index contributed by atoms with van der Waals surface area (Å²) in [5.41, 5.74) is 3.27. The van der Waals surface area contributed by atoms with E-state index in [1.807, 2.05) is 47.1 Å². The Kier molecular flexibility index (Phi) is 3.43. The fourth-order valence-electron chi connectivity index (χ4n) is 3.72. The number of carbonyl (C=O) groups is 1. The highest BCUT2D eigenvalue weighted by atomic mass is 35.5. The number of halogens is 1. The summed E-state index contributed by atoms with van der Waals surface area (Å²) in [4.78, 5) is 17.0. The van der Waals surface area contributed by atoms with Gasteiger partial charge in [0.15, 0.2) is 0 Å². The third-order valence-electron chi connectivity index (χ3n) is 5.07. The number of aryl methyl sites for hydroxylation is 1. The third-order valence-corrected chi connectivity index (χ3v) is 5.30. The van der Waals surface area contributed by atoms with Crippen LogP contribution in [0.4, 0.5) is 5.69 Å². The molecule has 0 saturated carbocycles. The standard InChI is InChI=1S/C17H19ClN4O/c1-11-12(8-19-20(11)2)9-21-10-15-7-16(21)17(23)22(15)14-5-3-4-13(18)6-14/h3-6,8,15-16H,7,9-10H2,1-2H3/t15-,16-/m0/s1. The van der Waals surface area contributed by atoms with Crippen LogP contribution in [0.15, 0.2) is 30.5 Å². The van der Waals surface area contributed by atoms with Gasteiger partial charge in [-0.25, -0.2) is 0 Å². The molecular formula is C17H19ClN4O. The van der Waals surface area contributed by atoms with E-state index in [0.717, 1.165) is 30.9 Å². The molecule has 0 unspecified atom stereocenters. The smallest absolute Gasteiger partial charge is 0.244 e. The van der Waals surface area contributed by atoms with E-state index in [1.165, 1.54) is 5.56 Å². The van der Waals surface area contributed by atoms with Crippen molar-refractivity contribution in [2.75, 3.05) is 11.4 Å². The summed E-state index contributed by atoms with van der Waals surface area (Å²) in [5, 5.41) is 4.96. The molecule has 1 aromatic carbocycles. The maximum atomic E-state index is 12.8. The predicted octanol–water partition coefficient (Wildman–Crippen LogP) is 2.37. The maximum Gasteiger partial charge on any atom is 0.244 e. The summed E-state index contributed by atoms with van der Waals surface area (Å²) >= 11 is 6.07. The zero-order chi connectivity index (χ0) is 16.1. The summed E-state index contributed by atoms with van der Waals surface area (Å²) in [6.07, 6.45) is 2.80. The quantitative estimate of drug-likeness (QED) is 0.867. The number of aromatic nitrogens is 2. The number of rotatable bonds is 3. The van der Waals surface area contributed by atoms with Crippen molar-refractivity contribution < 1.29 is 4.79 Å². The average Bonchev–Trinajstić information content (AvgIpc) is 3.16. The molecule has 2 atom stereocenters. The lowest BCUT2D eigenvalue weighted by Crippen LogP contribution is -2.50. The first-order valence-electron chi connectivity index (χ1n) is 7.85. The van der Waals surface area contributed by atoms with Crippen LogP contribution in [0, 0.1) is 6.92 Å². The second kappa shape index (κ2) is 5.35. The molecule has 2 aliphatic heterocycles. The number of carbonyl (C=O) groups excluding carboxylic acids is 1. The SMILES string of the molecule is Cc1c(CN2C[C@@H]3C[C@H]2C(=O)N3c2cccc(Cl)c2)cnn1C. The highest BCUT2D eigenvalue weighted by Crippen LogP contribution is 2.37. The van der Waals surface area contributed by atoms with Crippen molar-refractivity contribution in [3.05, 3.63) is 46.7 Å². The first-order valence-corrected chi connectivity index (χ1v) is 8.22. The van der Waals surface area contributed by atoms with Crippen LogP contribution in [0.3, 0.4) is 0 Å². The normalized spacial score (nSPS) is 24.0. The van der Waals surface area contributed by atoms with Gasteiger partial charge < -0.3 is 4.90 Å². The first-order chi connectivity index (χ1) is 11.0. The molecule has 2 aliphatic rings. The molecule has 0 aliphatic carbocycles. The molecule has 23 heavy (non-hydrogen) atoms. The summed E-state index contributed by atoms with van der Waals surface area (Å²) in [6, 6.07) is 7.77. The fourth-order valence-corrected chi connectivity index (χ4v) is 3.91. The summed E-state index contributed by atoms with van der Waals surface area (Å²) in [7, 11) is 1.95. The van der Waals surface area contributed by atoms with Crippen LogP contribution < -0.4 is 4.90 Å². The Morgan fingerprint density at radius 1 is 1.39 bits per heavy atom. The molecule has 120 valence electrons. The van der Waals surface area contributed by atoms with E-state index in [1.54, 1.807) is 0 Å². The Morgan fingerprint density at radius 2 is 2.22 bits per heavy atom. The fraction of sp³-hybridized carbons (Fsp3) is 0.412. The maximum absolute atomic E-state index is 12.8. The van der Waals surface area contributed by atoms with Crippen LogP contribution in [0.25, 0.3) is 0 Å². The monoisotopic (exact) mass is 330 g/mol. The molecule has 2 saturated heterocycles. The molecule has 2 fully saturated rings. The van der Waals surface area contributed by atoms with Crippen molar-refractivity contribution in [1.82, 2.24) is 14.7 Å². The molecule has 1 aromatic heterocycles. The number of hydrogen-bond acceptors (Lipinski definition) is 3. The van der Waals surface area contributed by atoms with Crippen molar-refractivity contribution in [3.8, 4) is 0 Å². The van der Waals surface area contributed by atoms with Crippen LogP contribution in [0.5, 0.6) is 0 Å². The molecule has 3 heterocycles. The van der Waals surface area contributed by atoms with Crippen molar-refractivity contribution in [3.63, 3.8) is 0 Å². The second-order valence-corrected chi connectivity index (χ2v) is 6.84. The lowest BCUT2D eigenvalue weighted by Gasteiger charge is -2.33. The summed E-state index contributed by atoms with van der Waals surface area (Å²) in [5.74, 6) is 0.185. The van der Waals surface area contributed by atoms with Crippen molar-refractivity contribution in [2.45, 2.75) is 32.0 Å². The highest BCUT2D eigenvalue weighted by molar-refractivity contribution is 6.31. The molecule has 5 nitrogen and oxygen atoms in total. The molecule has 2 bridgehead atoms. The second-order valence-electron chi connectivity index (χ2n) is 6.40. The minimum atomic E-state index is -0.0291. The Bertz CT molecular complexity index is 772. The lowest BCUT2D eigenvalue weighted by atomic mass is 10.2. The van der Waals surface area contributed by atoms with Crippen molar-refractivity contribution in [1.29, 1.82) is 0 Å². The molecule has 0 radical (unpaired) electrons. The van der Waals surface area contributed by atoms with E-state index in [-0.39, 0.29) is 18.0 Å². The first kappa shape index (κ1) is 14.7. The molecule has 6 heteroatoms. The number of likely N-dealkylation sites (tertiary alicyclic amines) is 1. The molecule has 2 aromatic rings. The number of anilines is 1. The van der Waals surface area contributed by atoms with Gasteiger partial charge in [0.2, 0.25) is 5.91 Å². The van der Waals surface area contributed by atoms with Gasteiger partial charge in [0.25, 0.3) is 0 Å². The average molecular weight is 331 g/mol. The predicted molar refractivity (Wildman–Crippen MR) is 89.5 cm³/mol. The van der Waals surface area contributed by atoms with E-state index in [4.69, 9.17) is 11.6 Å². The number of amides is 1. The minimum Gasteiger partial charge on any atom is -0.307 e. The van der Waals surface area contributed by atoms with E-state index < -0.39 is 0 Å². The molecule has 1 amide bonds. The van der Waals surface area contributed by atoms with Gasteiger partial charge in [-0.2, -0.15) is 5.10 Å². The molecular weight excluding hydrogens is 312 g/mol. The van der Waals surface area contributed by atoms with Gasteiger partial charge in [0.05, 0.1) is 18.3 Å². The topological polar surface area (TPSA) is 41.4 Å². The third kappa shape index (κ3) is 2.35. The molecule has 0 N–H and O–H groups in total. The Labute approximate surface area is 140 Å². The van der Waals surface area contributed by atoms with Crippen LogP contribution >= 0.6 is 11.6 Å².